The molecule has 1 aromatic rings. The van der Waals surface area contributed by atoms with Crippen LogP contribution in [0.25, 0.3) is 0 Å². The fourth-order valence-corrected chi connectivity index (χ4v) is 2.56. The Labute approximate surface area is 108 Å². The first-order valence-electron chi connectivity index (χ1n) is 6.65. The molecule has 0 bridgehead atoms. The van der Waals surface area contributed by atoms with Crippen molar-refractivity contribution < 1.29 is 4.79 Å². The zero-order valence-electron chi connectivity index (χ0n) is 11.2. The number of rotatable bonds is 4. The van der Waals surface area contributed by atoms with Crippen molar-refractivity contribution in [1.29, 1.82) is 0 Å². The summed E-state index contributed by atoms with van der Waals surface area (Å²) in [5, 5.41) is 7.14. The molecule has 1 saturated carbocycles. The minimum atomic E-state index is -0.159. The van der Waals surface area contributed by atoms with Crippen LogP contribution in [-0.2, 0) is 6.54 Å². The average Bonchev–Trinajstić information content (AvgIpc) is 2.93. The van der Waals surface area contributed by atoms with E-state index in [1.807, 2.05) is 6.92 Å². The molecule has 1 aliphatic carbocycles. The molecule has 0 aliphatic heterocycles. The Morgan fingerprint density at radius 1 is 1.56 bits per heavy atom. The number of hydrogen-bond acceptors (Lipinski definition) is 3. The second kappa shape index (κ2) is 5.00. The summed E-state index contributed by atoms with van der Waals surface area (Å²) in [7, 11) is 0. The minimum Gasteiger partial charge on any atom is -0.396 e. The van der Waals surface area contributed by atoms with Gasteiger partial charge in [0.15, 0.2) is 5.69 Å². The Balaban J connectivity index is 1.96. The smallest absolute Gasteiger partial charge is 0.273 e. The number of hydrogen-bond donors (Lipinski definition) is 2. The number of nitrogens with zero attached hydrogens (tertiary/aromatic N) is 2. The Morgan fingerprint density at radius 3 is 2.78 bits per heavy atom. The normalized spacial score (nSPS) is 17.9. The van der Waals surface area contributed by atoms with Crippen LogP contribution in [0.1, 0.15) is 50.0 Å². The van der Waals surface area contributed by atoms with Crippen molar-refractivity contribution in [3.63, 3.8) is 0 Å². The summed E-state index contributed by atoms with van der Waals surface area (Å²) in [6.07, 6.45) is 6.60. The molecule has 0 spiro atoms. The lowest BCUT2D eigenvalue weighted by Crippen LogP contribution is -2.34. The molecule has 5 heteroatoms. The van der Waals surface area contributed by atoms with E-state index in [-0.39, 0.29) is 11.3 Å². The van der Waals surface area contributed by atoms with Gasteiger partial charge in [0, 0.05) is 19.3 Å². The summed E-state index contributed by atoms with van der Waals surface area (Å²) >= 11 is 0. The predicted octanol–water partition coefficient (Wildman–Crippen LogP) is 1.80. The Bertz CT molecular complexity index is 432. The molecular weight excluding hydrogens is 228 g/mol. The molecule has 0 radical (unpaired) electrons. The lowest BCUT2D eigenvalue weighted by molar-refractivity contribution is 0.0929. The molecule has 100 valence electrons. The zero-order chi connectivity index (χ0) is 13.2. The fraction of sp³-hybridized carbons (Fsp3) is 0.692. The van der Waals surface area contributed by atoms with Gasteiger partial charge in [0.25, 0.3) is 5.91 Å². The molecule has 0 saturated heterocycles. The number of anilines is 1. The van der Waals surface area contributed by atoms with Gasteiger partial charge in [-0.1, -0.05) is 19.8 Å². The van der Waals surface area contributed by atoms with Crippen molar-refractivity contribution in [2.75, 3.05) is 12.3 Å². The maximum Gasteiger partial charge on any atom is 0.273 e. The monoisotopic (exact) mass is 250 g/mol. The van der Waals surface area contributed by atoms with Crippen molar-refractivity contribution in [3.05, 3.63) is 11.9 Å². The van der Waals surface area contributed by atoms with Crippen molar-refractivity contribution in [3.8, 4) is 0 Å². The van der Waals surface area contributed by atoms with Crippen molar-refractivity contribution >= 4 is 11.6 Å². The quantitative estimate of drug-likeness (QED) is 0.855. The summed E-state index contributed by atoms with van der Waals surface area (Å²) in [5.74, 6) is -0.159. The maximum atomic E-state index is 12.0. The van der Waals surface area contributed by atoms with Crippen molar-refractivity contribution in [1.82, 2.24) is 15.1 Å². The van der Waals surface area contributed by atoms with Crippen LogP contribution >= 0.6 is 0 Å². The first kappa shape index (κ1) is 12.9. The van der Waals surface area contributed by atoms with E-state index in [9.17, 15) is 4.79 Å². The number of aryl methyl sites for hydroxylation is 1. The van der Waals surface area contributed by atoms with Gasteiger partial charge in [0.05, 0.1) is 5.69 Å². The third-order valence-electron chi connectivity index (χ3n) is 3.82. The third kappa shape index (κ3) is 2.66. The van der Waals surface area contributed by atoms with E-state index in [0.717, 1.165) is 6.54 Å². The van der Waals surface area contributed by atoms with Crippen LogP contribution in [0.3, 0.4) is 0 Å². The summed E-state index contributed by atoms with van der Waals surface area (Å²) in [6.45, 7) is 5.63. The van der Waals surface area contributed by atoms with Crippen LogP contribution in [0, 0.1) is 5.41 Å². The van der Waals surface area contributed by atoms with Crippen LogP contribution < -0.4 is 11.1 Å². The van der Waals surface area contributed by atoms with E-state index >= 15 is 0 Å². The Morgan fingerprint density at radius 2 is 2.22 bits per heavy atom. The van der Waals surface area contributed by atoms with Gasteiger partial charge in [-0.15, -0.1) is 0 Å². The summed E-state index contributed by atoms with van der Waals surface area (Å²) < 4.78 is 1.68. The van der Waals surface area contributed by atoms with Crippen LogP contribution in [-0.4, -0.2) is 22.2 Å². The highest BCUT2D eigenvalue weighted by atomic mass is 16.2. The lowest BCUT2D eigenvalue weighted by Gasteiger charge is -2.23. The molecule has 1 heterocycles. The van der Waals surface area contributed by atoms with E-state index in [1.165, 1.54) is 25.7 Å². The second-order valence-corrected chi connectivity index (χ2v) is 5.49. The van der Waals surface area contributed by atoms with Gasteiger partial charge in [-0.3, -0.25) is 9.48 Å². The molecule has 1 amide bonds. The standard InChI is InChI=1S/C13H22N4O/c1-3-17-8-10(14)11(16-17)12(18)15-9-13(2)6-4-5-7-13/h8H,3-7,9,14H2,1-2H3,(H,15,18). The zero-order valence-corrected chi connectivity index (χ0v) is 11.2. The molecule has 3 N–H and O–H groups in total. The molecular formula is C13H22N4O. The van der Waals surface area contributed by atoms with Crippen molar-refractivity contribution in [2.45, 2.75) is 46.1 Å². The first-order valence-corrected chi connectivity index (χ1v) is 6.65. The minimum absolute atomic E-state index is 0.159. The Hall–Kier alpha value is -1.52. The van der Waals surface area contributed by atoms with E-state index in [1.54, 1.807) is 10.9 Å². The molecule has 1 aromatic heterocycles. The molecule has 5 nitrogen and oxygen atoms in total. The second-order valence-electron chi connectivity index (χ2n) is 5.49. The van der Waals surface area contributed by atoms with Gasteiger partial charge >= 0.3 is 0 Å². The highest BCUT2D eigenvalue weighted by Crippen LogP contribution is 2.36. The van der Waals surface area contributed by atoms with Crippen molar-refractivity contribution in [2.24, 2.45) is 5.41 Å². The maximum absolute atomic E-state index is 12.0. The number of nitrogens with two attached hydrogens (primary N) is 1. The fourth-order valence-electron chi connectivity index (χ4n) is 2.56. The number of aromatic nitrogens is 2. The predicted molar refractivity (Wildman–Crippen MR) is 71.2 cm³/mol. The molecule has 0 atom stereocenters. The SMILES string of the molecule is CCn1cc(N)c(C(=O)NCC2(C)CCCC2)n1. The molecule has 1 fully saturated rings. The van der Waals surface area contributed by atoms with E-state index in [2.05, 4.69) is 17.3 Å². The van der Waals surface area contributed by atoms with Gasteiger partial charge in [0.1, 0.15) is 0 Å². The van der Waals surface area contributed by atoms with Gasteiger partial charge in [-0.25, -0.2) is 0 Å². The van der Waals surface area contributed by atoms with E-state index in [4.69, 9.17) is 5.73 Å². The van der Waals surface area contributed by atoms with Crippen LogP contribution in [0.4, 0.5) is 5.69 Å². The summed E-state index contributed by atoms with van der Waals surface area (Å²) in [5.41, 5.74) is 6.83. The van der Waals surface area contributed by atoms with E-state index < -0.39 is 0 Å². The first-order chi connectivity index (χ1) is 8.54. The number of amides is 1. The summed E-state index contributed by atoms with van der Waals surface area (Å²) in [6, 6.07) is 0. The van der Waals surface area contributed by atoms with E-state index in [0.29, 0.717) is 17.9 Å². The van der Waals surface area contributed by atoms with Gasteiger partial charge in [-0.05, 0) is 25.2 Å². The number of nitrogen functional groups attached to an aromatic ring is 1. The molecule has 2 rings (SSSR count). The highest BCUT2D eigenvalue weighted by Gasteiger charge is 2.29. The highest BCUT2D eigenvalue weighted by molar-refractivity contribution is 5.97. The Kier molecular flexibility index (Phi) is 3.59. The number of nitrogens with one attached hydrogen (secondary N) is 1. The average molecular weight is 250 g/mol. The summed E-state index contributed by atoms with van der Waals surface area (Å²) in [4.78, 5) is 12.0. The largest absolute Gasteiger partial charge is 0.396 e. The molecule has 18 heavy (non-hydrogen) atoms. The van der Waals surface area contributed by atoms with Crippen LogP contribution in [0.2, 0.25) is 0 Å². The lowest BCUT2D eigenvalue weighted by atomic mass is 9.89. The number of carbonyl (C=O) groups is 1. The molecule has 1 aliphatic rings. The van der Waals surface area contributed by atoms with Crippen LogP contribution in [0.15, 0.2) is 6.20 Å². The van der Waals surface area contributed by atoms with Gasteiger partial charge in [-0.2, -0.15) is 5.10 Å². The van der Waals surface area contributed by atoms with Gasteiger partial charge in [0.2, 0.25) is 0 Å². The van der Waals surface area contributed by atoms with Gasteiger partial charge < -0.3 is 11.1 Å². The number of carbonyl (C=O) groups excluding carboxylic acids is 1. The van der Waals surface area contributed by atoms with Crippen LogP contribution in [0.5, 0.6) is 0 Å². The molecule has 0 aromatic carbocycles. The molecule has 0 unspecified atom stereocenters. The topological polar surface area (TPSA) is 72.9 Å². The third-order valence-corrected chi connectivity index (χ3v) is 3.82.